The molecular weight excluding hydrogens is 278 g/mol. The zero-order valence-corrected chi connectivity index (χ0v) is 11.7. The summed E-state index contributed by atoms with van der Waals surface area (Å²) in [4.78, 5) is 0. The number of hydrogen-bond acceptors (Lipinski definition) is 3. The van der Waals surface area contributed by atoms with E-state index in [9.17, 15) is 4.39 Å². The number of rotatable bonds is 3. The highest BCUT2D eigenvalue weighted by atomic mass is 35.5. The molecule has 0 radical (unpaired) electrons. The van der Waals surface area contributed by atoms with Gasteiger partial charge in [0.05, 0.1) is 11.6 Å². The molecule has 1 fully saturated rings. The summed E-state index contributed by atoms with van der Waals surface area (Å²) in [7, 11) is 0. The SMILES string of the molecule is CCOc1c(F)cc([C@@H]2CNCCN2)cc1Cl.Cl. The van der Waals surface area contributed by atoms with E-state index in [-0.39, 0.29) is 24.2 Å². The van der Waals surface area contributed by atoms with E-state index < -0.39 is 5.82 Å². The molecule has 0 saturated carbocycles. The fourth-order valence-corrected chi connectivity index (χ4v) is 2.22. The van der Waals surface area contributed by atoms with Crippen molar-refractivity contribution in [2.45, 2.75) is 13.0 Å². The molecule has 1 atom stereocenters. The van der Waals surface area contributed by atoms with Gasteiger partial charge in [-0.25, -0.2) is 4.39 Å². The van der Waals surface area contributed by atoms with Crippen molar-refractivity contribution in [1.29, 1.82) is 0 Å². The molecule has 1 aromatic carbocycles. The minimum Gasteiger partial charge on any atom is -0.489 e. The third-order valence-electron chi connectivity index (χ3n) is 2.75. The molecule has 2 N–H and O–H groups in total. The molecule has 2 rings (SSSR count). The average molecular weight is 295 g/mol. The van der Waals surface area contributed by atoms with E-state index in [1.165, 1.54) is 6.07 Å². The number of ether oxygens (including phenoxy) is 1. The highest BCUT2D eigenvalue weighted by molar-refractivity contribution is 6.32. The first-order chi connectivity index (χ1) is 8.22. The Balaban J connectivity index is 0.00000162. The predicted molar refractivity (Wildman–Crippen MR) is 73.4 cm³/mol. The molecule has 0 amide bonds. The monoisotopic (exact) mass is 294 g/mol. The van der Waals surface area contributed by atoms with Crippen LogP contribution in [0, 0.1) is 5.82 Å². The van der Waals surface area contributed by atoms with E-state index in [0.717, 1.165) is 25.2 Å². The van der Waals surface area contributed by atoms with Gasteiger partial charge in [-0.05, 0) is 24.6 Å². The second-order valence-corrected chi connectivity index (χ2v) is 4.36. The number of benzene rings is 1. The molecule has 0 aromatic heterocycles. The molecule has 0 bridgehead atoms. The Bertz CT molecular complexity index is 375. The van der Waals surface area contributed by atoms with Gasteiger partial charge < -0.3 is 15.4 Å². The molecule has 102 valence electrons. The molecule has 1 heterocycles. The van der Waals surface area contributed by atoms with Crippen molar-refractivity contribution in [2.24, 2.45) is 0 Å². The quantitative estimate of drug-likeness (QED) is 0.899. The van der Waals surface area contributed by atoms with E-state index in [4.69, 9.17) is 16.3 Å². The molecular formula is C12H17Cl2FN2O. The van der Waals surface area contributed by atoms with Crippen LogP contribution in [0.3, 0.4) is 0 Å². The third kappa shape index (κ3) is 3.48. The molecule has 0 unspecified atom stereocenters. The first-order valence-corrected chi connectivity index (χ1v) is 6.16. The van der Waals surface area contributed by atoms with Crippen LogP contribution in [0.25, 0.3) is 0 Å². The Morgan fingerprint density at radius 3 is 2.78 bits per heavy atom. The fourth-order valence-electron chi connectivity index (χ4n) is 1.95. The summed E-state index contributed by atoms with van der Waals surface area (Å²) in [5.74, 6) is -0.261. The standard InChI is InChI=1S/C12H16ClFN2O.ClH/c1-2-17-12-9(13)5-8(6-10(12)14)11-7-15-3-4-16-11;/h5-6,11,15-16H,2-4,7H2,1H3;1H/t11-;/m0./s1. The lowest BCUT2D eigenvalue weighted by Crippen LogP contribution is -2.42. The fraction of sp³-hybridized carbons (Fsp3) is 0.500. The molecule has 18 heavy (non-hydrogen) atoms. The smallest absolute Gasteiger partial charge is 0.173 e. The summed E-state index contributed by atoms with van der Waals surface area (Å²) in [5, 5.41) is 6.89. The van der Waals surface area contributed by atoms with E-state index in [0.29, 0.717) is 11.6 Å². The summed E-state index contributed by atoms with van der Waals surface area (Å²) >= 11 is 6.02. The molecule has 1 saturated heterocycles. The molecule has 3 nitrogen and oxygen atoms in total. The van der Waals surface area contributed by atoms with Crippen LogP contribution in [0.15, 0.2) is 12.1 Å². The van der Waals surface area contributed by atoms with Crippen molar-refractivity contribution >= 4 is 24.0 Å². The largest absolute Gasteiger partial charge is 0.489 e. The zero-order valence-electron chi connectivity index (χ0n) is 10.1. The van der Waals surface area contributed by atoms with Crippen LogP contribution >= 0.6 is 24.0 Å². The maximum absolute atomic E-state index is 13.8. The second kappa shape index (κ2) is 7.14. The van der Waals surface area contributed by atoms with Crippen molar-refractivity contribution in [3.63, 3.8) is 0 Å². The summed E-state index contributed by atoms with van der Waals surface area (Å²) < 4.78 is 19.0. The lowest BCUT2D eigenvalue weighted by molar-refractivity contribution is 0.321. The van der Waals surface area contributed by atoms with Gasteiger partial charge in [0, 0.05) is 25.7 Å². The predicted octanol–water partition coefficient (Wildman–Crippen LogP) is 2.53. The number of piperazine rings is 1. The summed E-state index contributed by atoms with van der Waals surface area (Å²) in [6.45, 7) is 4.79. The third-order valence-corrected chi connectivity index (χ3v) is 3.03. The number of halogens is 3. The lowest BCUT2D eigenvalue weighted by Gasteiger charge is -2.25. The van der Waals surface area contributed by atoms with Gasteiger partial charge in [-0.3, -0.25) is 0 Å². The Morgan fingerprint density at radius 1 is 1.44 bits per heavy atom. The Kier molecular flexibility index (Phi) is 6.15. The Labute approximate surface area is 117 Å². The highest BCUT2D eigenvalue weighted by Crippen LogP contribution is 2.31. The van der Waals surface area contributed by atoms with Crippen LogP contribution in [-0.2, 0) is 0 Å². The zero-order chi connectivity index (χ0) is 12.3. The van der Waals surface area contributed by atoms with Crippen LogP contribution in [0.1, 0.15) is 18.5 Å². The van der Waals surface area contributed by atoms with Crippen molar-refractivity contribution in [1.82, 2.24) is 10.6 Å². The van der Waals surface area contributed by atoms with E-state index >= 15 is 0 Å². The van der Waals surface area contributed by atoms with Gasteiger partial charge in [-0.15, -0.1) is 12.4 Å². The maximum Gasteiger partial charge on any atom is 0.173 e. The molecule has 0 spiro atoms. The Hall–Kier alpha value is -0.550. The molecule has 1 aromatic rings. The molecule has 0 aliphatic carbocycles. The van der Waals surface area contributed by atoms with Gasteiger partial charge in [-0.2, -0.15) is 0 Å². The van der Waals surface area contributed by atoms with Crippen molar-refractivity contribution in [2.75, 3.05) is 26.2 Å². The van der Waals surface area contributed by atoms with Crippen LogP contribution in [-0.4, -0.2) is 26.2 Å². The van der Waals surface area contributed by atoms with Gasteiger partial charge in [0.25, 0.3) is 0 Å². The minimum atomic E-state index is -0.401. The summed E-state index contributed by atoms with van der Waals surface area (Å²) in [6, 6.07) is 3.35. The molecule has 6 heteroatoms. The average Bonchev–Trinajstić information content (AvgIpc) is 2.35. The van der Waals surface area contributed by atoms with Gasteiger partial charge in [0.2, 0.25) is 0 Å². The van der Waals surface area contributed by atoms with E-state index in [1.54, 1.807) is 13.0 Å². The van der Waals surface area contributed by atoms with Crippen LogP contribution in [0.4, 0.5) is 4.39 Å². The first kappa shape index (κ1) is 15.5. The normalized spacial score (nSPS) is 19.2. The number of nitrogens with one attached hydrogen (secondary N) is 2. The highest BCUT2D eigenvalue weighted by Gasteiger charge is 2.18. The van der Waals surface area contributed by atoms with Gasteiger partial charge in [-0.1, -0.05) is 11.6 Å². The summed E-state index contributed by atoms with van der Waals surface area (Å²) in [5.41, 5.74) is 0.850. The molecule has 1 aliphatic heterocycles. The van der Waals surface area contributed by atoms with Crippen molar-refractivity contribution in [3.8, 4) is 5.75 Å². The first-order valence-electron chi connectivity index (χ1n) is 5.78. The van der Waals surface area contributed by atoms with E-state index in [1.807, 2.05) is 0 Å². The Morgan fingerprint density at radius 2 is 2.22 bits per heavy atom. The van der Waals surface area contributed by atoms with Crippen molar-refractivity contribution in [3.05, 3.63) is 28.5 Å². The minimum absolute atomic E-state index is 0. The van der Waals surface area contributed by atoms with Crippen LogP contribution in [0.5, 0.6) is 5.75 Å². The van der Waals surface area contributed by atoms with Gasteiger partial charge in [0.15, 0.2) is 11.6 Å². The molecule has 1 aliphatic rings. The lowest BCUT2D eigenvalue weighted by atomic mass is 10.0. The van der Waals surface area contributed by atoms with Crippen LogP contribution in [0.2, 0.25) is 5.02 Å². The van der Waals surface area contributed by atoms with E-state index in [2.05, 4.69) is 10.6 Å². The maximum atomic E-state index is 13.8. The summed E-state index contributed by atoms with van der Waals surface area (Å²) in [6.07, 6.45) is 0. The topological polar surface area (TPSA) is 33.3 Å². The van der Waals surface area contributed by atoms with Gasteiger partial charge >= 0.3 is 0 Å². The second-order valence-electron chi connectivity index (χ2n) is 3.96. The van der Waals surface area contributed by atoms with Crippen molar-refractivity contribution < 1.29 is 9.13 Å². The van der Waals surface area contributed by atoms with Gasteiger partial charge in [0.1, 0.15) is 0 Å². The number of hydrogen-bond donors (Lipinski definition) is 2. The van der Waals surface area contributed by atoms with Crippen LogP contribution < -0.4 is 15.4 Å².